The summed E-state index contributed by atoms with van der Waals surface area (Å²) in [5.41, 5.74) is 6.55. The van der Waals surface area contributed by atoms with E-state index in [0.717, 1.165) is 9.37 Å². The van der Waals surface area contributed by atoms with Crippen LogP contribution < -0.4 is 5.73 Å². The van der Waals surface area contributed by atoms with E-state index in [2.05, 4.69) is 15.9 Å². The van der Waals surface area contributed by atoms with E-state index < -0.39 is 0 Å². The van der Waals surface area contributed by atoms with Gasteiger partial charge in [0, 0.05) is 31.7 Å². The van der Waals surface area contributed by atoms with Crippen molar-refractivity contribution in [1.82, 2.24) is 0 Å². The zero-order valence-corrected chi connectivity index (χ0v) is 13.1. The van der Waals surface area contributed by atoms with Crippen molar-refractivity contribution in [3.05, 3.63) is 63.3 Å². The second-order valence-corrected chi connectivity index (χ2v) is 6.49. The Bertz CT molecular complexity index is 579. The van der Waals surface area contributed by atoms with Crippen molar-refractivity contribution in [3.63, 3.8) is 0 Å². The summed E-state index contributed by atoms with van der Waals surface area (Å²) >= 11 is 10.8. The van der Waals surface area contributed by atoms with Gasteiger partial charge in [0.25, 0.3) is 0 Å². The maximum atomic E-state index is 13.7. The highest BCUT2D eigenvalue weighted by molar-refractivity contribution is 9.10. The van der Waals surface area contributed by atoms with Crippen molar-refractivity contribution >= 4 is 39.3 Å². The molecule has 0 radical (unpaired) electrons. The Morgan fingerprint density at radius 2 is 2.05 bits per heavy atom. The van der Waals surface area contributed by atoms with Crippen LogP contribution in [0.2, 0.25) is 5.02 Å². The third-order valence-electron chi connectivity index (χ3n) is 2.58. The molecule has 0 saturated carbocycles. The summed E-state index contributed by atoms with van der Waals surface area (Å²) in [6.45, 7) is 0. The lowest BCUT2D eigenvalue weighted by Crippen LogP contribution is -2.14. The highest BCUT2D eigenvalue weighted by Gasteiger charge is 2.12. The standard InChI is InChI=1S/C14H12BrClFNS/c15-9-4-5-13(17)12(6-9)14(18)8-19-11-3-1-2-10(16)7-11/h1-7,14H,8,18H2. The fraction of sp³-hybridized carbons (Fsp3) is 0.143. The average Bonchev–Trinajstić information content (AvgIpc) is 2.39. The minimum absolute atomic E-state index is 0.276. The molecule has 0 heterocycles. The molecular formula is C14H12BrClFNS. The summed E-state index contributed by atoms with van der Waals surface area (Å²) in [6.07, 6.45) is 0. The maximum Gasteiger partial charge on any atom is 0.128 e. The number of hydrogen-bond donors (Lipinski definition) is 1. The van der Waals surface area contributed by atoms with Gasteiger partial charge in [-0.05, 0) is 36.4 Å². The lowest BCUT2D eigenvalue weighted by molar-refractivity contribution is 0.595. The predicted octanol–water partition coefficient (Wildman–Crippen LogP) is 5.03. The third kappa shape index (κ3) is 4.21. The molecule has 2 N–H and O–H groups in total. The fourth-order valence-corrected chi connectivity index (χ4v) is 3.20. The fourth-order valence-electron chi connectivity index (χ4n) is 1.63. The summed E-state index contributed by atoms with van der Waals surface area (Å²) in [7, 11) is 0. The van der Waals surface area contributed by atoms with Crippen LogP contribution >= 0.6 is 39.3 Å². The molecule has 0 aliphatic carbocycles. The molecule has 0 spiro atoms. The second-order valence-electron chi connectivity index (χ2n) is 4.04. The average molecular weight is 361 g/mol. The van der Waals surface area contributed by atoms with Gasteiger partial charge in [-0.1, -0.05) is 33.6 Å². The van der Waals surface area contributed by atoms with Crippen molar-refractivity contribution in [2.75, 3.05) is 5.75 Å². The highest BCUT2D eigenvalue weighted by atomic mass is 79.9. The molecule has 0 aliphatic heterocycles. The minimum Gasteiger partial charge on any atom is -0.323 e. The van der Waals surface area contributed by atoms with Gasteiger partial charge in [0.1, 0.15) is 5.82 Å². The van der Waals surface area contributed by atoms with E-state index >= 15 is 0 Å². The Hall–Kier alpha value is -0.550. The Labute approximate surface area is 129 Å². The smallest absolute Gasteiger partial charge is 0.128 e. The van der Waals surface area contributed by atoms with Crippen molar-refractivity contribution in [1.29, 1.82) is 0 Å². The largest absolute Gasteiger partial charge is 0.323 e. The van der Waals surface area contributed by atoms with Crippen LogP contribution in [0.4, 0.5) is 4.39 Å². The van der Waals surface area contributed by atoms with Gasteiger partial charge in [0.05, 0.1) is 0 Å². The molecule has 2 aromatic carbocycles. The zero-order chi connectivity index (χ0) is 13.8. The van der Waals surface area contributed by atoms with Crippen LogP contribution in [-0.4, -0.2) is 5.75 Å². The number of rotatable bonds is 4. The molecule has 100 valence electrons. The van der Waals surface area contributed by atoms with Gasteiger partial charge in [-0.15, -0.1) is 11.8 Å². The van der Waals surface area contributed by atoms with E-state index in [9.17, 15) is 4.39 Å². The summed E-state index contributed by atoms with van der Waals surface area (Å²) in [4.78, 5) is 1.03. The zero-order valence-electron chi connectivity index (χ0n) is 9.95. The van der Waals surface area contributed by atoms with Crippen molar-refractivity contribution < 1.29 is 4.39 Å². The Morgan fingerprint density at radius 1 is 1.26 bits per heavy atom. The molecule has 1 nitrogen and oxygen atoms in total. The van der Waals surface area contributed by atoms with Crippen LogP contribution in [0.5, 0.6) is 0 Å². The molecule has 2 rings (SSSR count). The van der Waals surface area contributed by atoms with Gasteiger partial charge in [-0.25, -0.2) is 4.39 Å². The van der Waals surface area contributed by atoms with Gasteiger partial charge >= 0.3 is 0 Å². The Morgan fingerprint density at radius 3 is 2.79 bits per heavy atom. The van der Waals surface area contributed by atoms with Crippen LogP contribution in [-0.2, 0) is 0 Å². The molecule has 1 atom stereocenters. The van der Waals surface area contributed by atoms with Crippen LogP contribution in [0, 0.1) is 5.82 Å². The van der Waals surface area contributed by atoms with Gasteiger partial charge in [0.2, 0.25) is 0 Å². The number of halogens is 3. The lowest BCUT2D eigenvalue weighted by Gasteiger charge is -2.13. The first-order chi connectivity index (χ1) is 9.06. The first kappa shape index (κ1) is 14.9. The molecule has 19 heavy (non-hydrogen) atoms. The van der Waals surface area contributed by atoms with E-state index in [4.69, 9.17) is 17.3 Å². The Balaban J connectivity index is 2.05. The van der Waals surface area contributed by atoms with Gasteiger partial charge < -0.3 is 5.73 Å². The molecule has 0 aliphatic rings. The van der Waals surface area contributed by atoms with E-state index in [1.807, 2.05) is 24.3 Å². The summed E-state index contributed by atoms with van der Waals surface area (Å²) in [5, 5.41) is 0.687. The molecule has 2 aromatic rings. The van der Waals surface area contributed by atoms with Gasteiger partial charge in [-0.3, -0.25) is 0 Å². The number of benzene rings is 2. The lowest BCUT2D eigenvalue weighted by atomic mass is 10.1. The number of nitrogens with two attached hydrogens (primary N) is 1. The number of hydrogen-bond acceptors (Lipinski definition) is 2. The molecule has 0 amide bonds. The summed E-state index contributed by atoms with van der Waals surface area (Å²) in [6, 6.07) is 12.0. The molecular weight excluding hydrogens is 349 g/mol. The SMILES string of the molecule is NC(CSc1cccc(Cl)c1)c1cc(Br)ccc1F. The quantitative estimate of drug-likeness (QED) is 0.774. The normalized spacial score (nSPS) is 12.4. The number of thioether (sulfide) groups is 1. The highest BCUT2D eigenvalue weighted by Crippen LogP contribution is 2.27. The van der Waals surface area contributed by atoms with Crippen molar-refractivity contribution in [3.8, 4) is 0 Å². The van der Waals surface area contributed by atoms with E-state index in [1.165, 1.54) is 6.07 Å². The Kier molecular flexibility index (Phi) is 5.28. The van der Waals surface area contributed by atoms with Crippen molar-refractivity contribution in [2.45, 2.75) is 10.9 Å². The molecule has 1 unspecified atom stereocenters. The third-order valence-corrected chi connectivity index (χ3v) is 4.42. The molecule has 0 fully saturated rings. The van der Waals surface area contributed by atoms with Gasteiger partial charge in [-0.2, -0.15) is 0 Å². The minimum atomic E-state index is -0.360. The van der Waals surface area contributed by atoms with Crippen molar-refractivity contribution in [2.24, 2.45) is 5.73 Å². The maximum absolute atomic E-state index is 13.7. The summed E-state index contributed by atoms with van der Waals surface area (Å²) < 4.78 is 14.5. The van der Waals surface area contributed by atoms with E-state index in [1.54, 1.807) is 23.9 Å². The second kappa shape index (κ2) is 6.75. The monoisotopic (exact) mass is 359 g/mol. The van der Waals surface area contributed by atoms with Crippen LogP contribution in [0.25, 0.3) is 0 Å². The topological polar surface area (TPSA) is 26.0 Å². The molecule has 0 bridgehead atoms. The summed E-state index contributed by atoms with van der Waals surface area (Å²) in [5.74, 6) is 0.315. The van der Waals surface area contributed by atoms with Crippen LogP contribution in [0.1, 0.15) is 11.6 Å². The van der Waals surface area contributed by atoms with E-state index in [-0.39, 0.29) is 11.9 Å². The molecule has 0 saturated heterocycles. The first-order valence-corrected chi connectivity index (χ1v) is 7.81. The molecule has 0 aromatic heterocycles. The first-order valence-electron chi connectivity index (χ1n) is 5.65. The van der Waals surface area contributed by atoms with Gasteiger partial charge in [0.15, 0.2) is 0 Å². The van der Waals surface area contributed by atoms with Crippen LogP contribution in [0.3, 0.4) is 0 Å². The molecule has 5 heteroatoms. The predicted molar refractivity (Wildman–Crippen MR) is 83.2 cm³/mol. The van der Waals surface area contributed by atoms with E-state index in [0.29, 0.717) is 16.3 Å². The van der Waals surface area contributed by atoms with Crippen LogP contribution in [0.15, 0.2) is 51.8 Å².